The number of thiophene rings is 1. The van der Waals surface area contributed by atoms with Gasteiger partial charge in [0.05, 0.1) is 22.3 Å². The number of primary amides is 1. The molecule has 2 heterocycles. The summed E-state index contributed by atoms with van der Waals surface area (Å²) >= 11 is 2.62. The number of aromatic nitrogens is 2. The second kappa shape index (κ2) is 6.43. The molecule has 0 spiro atoms. The molecule has 3 N–H and O–H groups in total. The summed E-state index contributed by atoms with van der Waals surface area (Å²) in [7, 11) is 1.92. The minimum absolute atomic E-state index is 0.202. The normalized spacial score (nSPS) is 10.8. The van der Waals surface area contributed by atoms with E-state index in [1.165, 1.54) is 23.1 Å². The summed E-state index contributed by atoms with van der Waals surface area (Å²) in [6.07, 6.45) is 0. The van der Waals surface area contributed by atoms with Gasteiger partial charge in [0.1, 0.15) is 5.00 Å². The second-order valence-electron chi connectivity index (χ2n) is 4.81. The highest BCUT2D eigenvalue weighted by Gasteiger charge is 2.14. The summed E-state index contributed by atoms with van der Waals surface area (Å²) in [4.78, 5) is 27.8. The molecular weight excluding hydrogens is 332 g/mol. The fourth-order valence-electron chi connectivity index (χ4n) is 2.15. The van der Waals surface area contributed by atoms with Crippen molar-refractivity contribution in [3.05, 3.63) is 41.3 Å². The number of hydrogen-bond donors (Lipinski definition) is 2. The van der Waals surface area contributed by atoms with E-state index in [0.29, 0.717) is 10.6 Å². The van der Waals surface area contributed by atoms with Crippen molar-refractivity contribution in [1.29, 1.82) is 0 Å². The number of benzene rings is 1. The van der Waals surface area contributed by atoms with Gasteiger partial charge >= 0.3 is 0 Å². The van der Waals surface area contributed by atoms with E-state index in [0.717, 1.165) is 16.2 Å². The second-order valence-corrected chi connectivity index (χ2v) is 6.67. The lowest BCUT2D eigenvalue weighted by molar-refractivity contribution is -0.113. The van der Waals surface area contributed by atoms with E-state index in [9.17, 15) is 9.59 Å². The third-order valence-corrected chi connectivity index (χ3v) is 5.12. The SMILES string of the molecule is Cn1c(SCC(=O)Nc2sccc2C(N)=O)nc2ccccc21. The van der Waals surface area contributed by atoms with Gasteiger partial charge in [-0.2, -0.15) is 0 Å². The van der Waals surface area contributed by atoms with Crippen molar-refractivity contribution in [2.75, 3.05) is 11.1 Å². The Morgan fingerprint density at radius 1 is 1.35 bits per heavy atom. The van der Waals surface area contributed by atoms with Crippen molar-refractivity contribution in [1.82, 2.24) is 9.55 Å². The Morgan fingerprint density at radius 2 is 2.13 bits per heavy atom. The molecule has 0 bridgehead atoms. The van der Waals surface area contributed by atoms with Crippen molar-refractivity contribution in [2.45, 2.75) is 5.16 Å². The predicted molar refractivity (Wildman–Crippen MR) is 92.9 cm³/mol. The Labute approximate surface area is 140 Å². The summed E-state index contributed by atoms with van der Waals surface area (Å²) < 4.78 is 1.95. The Hall–Kier alpha value is -2.32. The van der Waals surface area contributed by atoms with Crippen molar-refractivity contribution in [2.24, 2.45) is 12.8 Å². The topological polar surface area (TPSA) is 90.0 Å². The number of para-hydroxylation sites is 2. The zero-order valence-corrected chi connectivity index (χ0v) is 13.9. The lowest BCUT2D eigenvalue weighted by Gasteiger charge is -2.04. The molecule has 0 aliphatic rings. The van der Waals surface area contributed by atoms with E-state index in [-0.39, 0.29) is 11.7 Å². The zero-order valence-electron chi connectivity index (χ0n) is 12.3. The first-order valence-corrected chi connectivity index (χ1v) is 8.64. The number of nitrogens with zero attached hydrogens (tertiary/aromatic N) is 2. The van der Waals surface area contributed by atoms with Crippen LogP contribution in [0, 0.1) is 0 Å². The highest BCUT2D eigenvalue weighted by atomic mass is 32.2. The van der Waals surface area contributed by atoms with E-state index >= 15 is 0 Å². The largest absolute Gasteiger partial charge is 0.366 e. The van der Waals surface area contributed by atoms with Gasteiger partial charge < -0.3 is 15.6 Å². The first-order chi connectivity index (χ1) is 11.1. The van der Waals surface area contributed by atoms with E-state index in [1.807, 2.05) is 35.9 Å². The maximum Gasteiger partial charge on any atom is 0.251 e. The number of rotatable bonds is 5. The molecule has 3 aromatic rings. The standard InChI is InChI=1S/C15H14N4O2S2/c1-19-11-5-3-2-4-10(11)17-15(19)23-8-12(20)18-14-9(13(16)21)6-7-22-14/h2-7H,8H2,1H3,(H2,16,21)(H,18,20). The summed E-state index contributed by atoms with van der Waals surface area (Å²) in [6, 6.07) is 9.40. The lowest BCUT2D eigenvalue weighted by Crippen LogP contribution is -2.18. The molecule has 1 aromatic carbocycles. The molecule has 2 amide bonds. The molecule has 6 nitrogen and oxygen atoms in total. The number of thioether (sulfide) groups is 1. The molecule has 8 heteroatoms. The summed E-state index contributed by atoms with van der Waals surface area (Å²) in [5.74, 6) is -0.552. The molecule has 0 aliphatic heterocycles. The zero-order chi connectivity index (χ0) is 16.4. The minimum Gasteiger partial charge on any atom is -0.366 e. The third-order valence-electron chi connectivity index (χ3n) is 3.26. The van der Waals surface area contributed by atoms with Crippen LogP contribution in [0.4, 0.5) is 5.00 Å². The van der Waals surface area contributed by atoms with Crippen molar-refractivity contribution in [3.8, 4) is 0 Å². The molecule has 0 saturated heterocycles. The molecule has 0 saturated carbocycles. The van der Waals surface area contributed by atoms with Crippen LogP contribution in [0.5, 0.6) is 0 Å². The smallest absolute Gasteiger partial charge is 0.251 e. The van der Waals surface area contributed by atoms with Gasteiger partial charge in [-0.3, -0.25) is 9.59 Å². The molecule has 118 valence electrons. The maximum absolute atomic E-state index is 12.1. The van der Waals surface area contributed by atoms with Crippen LogP contribution >= 0.6 is 23.1 Å². The van der Waals surface area contributed by atoms with Crippen LogP contribution in [0.2, 0.25) is 0 Å². The predicted octanol–water partition coefficient (Wildman–Crippen LogP) is 2.46. The van der Waals surface area contributed by atoms with Crippen LogP contribution in [0.1, 0.15) is 10.4 Å². The minimum atomic E-state index is -0.551. The number of imidazole rings is 1. The van der Waals surface area contributed by atoms with Crippen LogP contribution in [0.15, 0.2) is 40.9 Å². The van der Waals surface area contributed by atoms with E-state index in [1.54, 1.807) is 11.4 Å². The van der Waals surface area contributed by atoms with Gasteiger partial charge in [-0.25, -0.2) is 4.98 Å². The number of fused-ring (bicyclic) bond motifs is 1. The number of carbonyl (C=O) groups is 2. The first-order valence-electron chi connectivity index (χ1n) is 6.77. The first kappa shape index (κ1) is 15.6. The van der Waals surface area contributed by atoms with Crippen molar-refractivity contribution in [3.63, 3.8) is 0 Å². The quantitative estimate of drug-likeness (QED) is 0.695. The van der Waals surface area contributed by atoms with Gasteiger partial charge in [-0.15, -0.1) is 11.3 Å². The van der Waals surface area contributed by atoms with Crippen LogP contribution in [0.3, 0.4) is 0 Å². The average Bonchev–Trinajstić information content (AvgIpc) is 3.11. The average molecular weight is 346 g/mol. The third kappa shape index (κ3) is 3.22. The molecular formula is C15H14N4O2S2. The number of nitrogens with two attached hydrogens (primary N) is 1. The van der Waals surface area contributed by atoms with Gasteiger partial charge in [-0.1, -0.05) is 23.9 Å². The summed E-state index contributed by atoms with van der Waals surface area (Å²) in [5.41, 5.74) is 7.50. The van der Waals surface area contributed by atoms with Gasteiger partial charge in [0, 0.05) is 7.05 Å². The molecule has 23 heavy (non-hydrogen) atoms. The van der Waals surface area contributed by atoms with E-state index in [2.05, 4.69) is 10.3 Å². The Kier molecular flexibility index (Phi) is 4.35. The lowest BCUT2D eigenvalue weighted by atomic mass is 10.3. The van der Waals surface area contributed by atoms with Crippen LogP contribution in [0.25, 0.3) is 11.0 Å². The molecule has 0 aliphatic carbocycles. The Morgan fingerprint density at radius 3 is 2.87 bits per heavy atom. The highest BCUT2D eigenvalue weighted by Crippen LogP contribution is 2.25. The van der Waals surface area contributed by atoms with Crippen molar-refractivity contribution < 1.29 is 9.59 Å². The fraction of sp³-hybridized carbons (Fsp3) is 0.133. The molecule has 3 rings (SSSR count). The number of aryl methyl sites for hydroxylation is 1. The van der Waals surface area contributed by atoms with E-state index in [4.69, 9.17) is 5.73 Å². The van der Waals surface area contributed by atoms with Gasteiger partial charge in [0.25, 0.3) is 5.91 Å². The molecule has 0 unspecified atom stereocenters. The highest BCUT2D eigenvalue weighted by molar-refractivity contribution is 7.99. The molecule has 2 aromatic heterocycles. The molecule has 0 atom stereocenters. The number of amides is 2. The number of nitrogens with one attached hydrogen (secondary N) is 1. The van der Waals surface area contributed by atoms with Gasteiger partial charge in [0.2, 0.25) is 5.91 Å². The van der Waals surface area contributed by atoms with Crippen molar-refractivity contribution >= 4 is 50.9 Å². The fourth-order valence-corrected chi connectivity index (χ4v) is 3.74. The number of carbonyl (C=O) groups excluding carboxylic acids is 2. The van der Waals surface area contributed by atoms with Crippen LogP contribution < -0.4 is 11.1 Å². The Balaban J connectivity index is 1.67. The molecule has 0 radical (unpaired) electrons. The summed E-state index contributed by atoms with van der Waals surface area (Å²) in [5, 5.41) is 5.68. The van der Waals surface area contributed by atoms with Crippen LogP contribution in [-0.2, 0) is 11.8 Å². The monoisotopic (exact) mass is 346 g/mol. The van der Waals surface area contributed by atoms with Gasteiger partial charge in [0.15, 0.2) is 5.16 Å². The van der Waals surface area contributed by atoms with E-state index < -0.39 is 5.91 Å². The number of hydrogen-bond acceptors (Lipinski definition) is 5. The number of anilines is 1. The van der Waals surface area contributed by atoms with Gasteiger partial charge in [-0.05, 0) is 23.6 Å². The van der Waals surface area contributed by atoms with Crippen LogP contribution in [-0.4, -0.2) is 27.1 Å². The Bertz CT molecular complexity index is 885. The molecule has 0 fully saturated rings. The maximum atomic E-state index is 12.1. The summed E-state index contributed by atoms with van der Waals surface area (Å²) in [6.45, 7) is 0.